The van der Waals surface area contributed by atoms with Gasteiger partial charge in [-0.1, -0.05) is 182 Å². The molecule has 0 saturated heterocycles. The molecule has 0 atom stereocenters. The lowest BCUT2D eigenvalue weighted by molar-refractivity contribution is 1.19. The number of nitrogens with zero attached hydrogens (tertiary/aromatic N) is 2. The van der Waals surface area contributed by atoms with Crippen LogP contribution in [0.2, 0.25) is 0 Å². The molecule has 2 heterocycles. The molecule has 0 unspecified atom stereocenters. The van der Waals surface area contributed by atoms with E-state index in [1.165, 1.54) is 81.6 Å². The van der Waals surface area contributed by atoms with Crippen LogP contribution in [0.15, 0.2) is 218 Å². The van der Waals surface area contributed by atoms with Gasteiger partial charge in [-0.15, -0.1) is 0 Å². The second-order valence-electron chi connectivity index (χ2n) is 15.4. The second kappa shape index (κ2) is 13.4. The molecule has 2 aromatic heterocycles. The maximum absolute atomic E-state index is 5.35. The van der Waals surface area contributed by atoms with Crippen LogP contribution in [0, 0.1) is 0 Å². The largest absolute Gasteiger partial charge is 0.309 e. The van der Waals surface area contributed by atoms with Crippen molar-refractivity contribution in [2.45, 2.75) is 0 Å². The molecular formula is C57H36N2. The van der Waals surface area contributed by atoms with Gasteiger partial charge in [0.1, 0.15) is 0 Å². The van der Waals surface area contributed by atoms with Crippen molar-refractivity contribution in [1.82, 2.24) is 9.55 Å². The van der Waals surface area contributed by atoms with E-state index in [-0.39, 0.29) is 0 Å². The molecule has 2 heteroatoms. The van der Waals surface area contributed by atoms with Gasteiger partial charge in [-0.25, -0.2) is 4.98 Å². The summed E-state index contributed by atoms with van der Waals surface area (Å²) in [6.45, 7) is 0. The van der Waals surface area contributed by atoms with Gasteiger partial charge in [0.05, 0.1) is 22.4 Å². The molecule has 0 amide bonds. The standard InChI is InChI=1S/C57H36N2/c1-3-16-37(17-4-1)41-34-52(58-53(35-41)46-28-15-19-38-18-7-8-22-43(38)46)40-32-30-39(31-33-40)50-36-51-45-24-10-12-26-48(45)57-56(55(51)47-25-11-9-23-44(47)50)49-27-13-14-29-54(49)59(57)42-20-5-2-6-21-42/h1-36H. The molecule has 12 aromatic rings. The Morgan fingerprint density at radius 3 is 1.69 bits per heavy atom. The normalized spacial score (nSPS) is 11.7. The van der Waals surface area contributed by atoms with Crippen LogP contribution in [0.4, 0.5) is 0 Å². The van der Waals surface area contributed by atoms with E-state index < -0.39 is 0 Å². The van der Waals surface area contributed by atoms with E-state index in [0.29, 0.717) is 0 Å². The molecule has 2 nitrogen and oxygen atoms in total. The molecule has 12 rings (SSSR count). The van der Waals surface area contributed by atoms with E-state index in [0.717, 1.165) is 33.8 Å². The fourth-order valence-corrected chi connectivity index (χ4v) is 9.50. The maximum Gasteiger partial charge on any atom is 0.0721 e. The average Bonchev–Trinajstić information content (AvgIpc) is 3.67. The monoisotopic (exact) mass is 748 g/mol. The average molecular weight is 749 g/mol. The van der Waals surface area contributed by atoms with Crippen molar-refractivity contribution < 1.29 is 0 Å². The molecule has 0 aliphatic rings. The fraction of sp³-hybridized carbons (Fsp3) is 0. The Kier molecular flexibility index (Phi) is 7.57. The van der Waals surface area contributed by atoms with Crippen molar-refractivity contribution in [3.05, 3.63) is 218 Å². The molecule has 10 aromatic carbocycles. The molecule has 0 N–H and O–H groups in total. The van der Waals surface area contributed by atoms with Gasteiger partial charge in [0.25, 0.3) is 0 Å². The zero-order chi connectivity index (χ0) is 38.9. The number of hydrogen-bond acceptors (Lipinski definition) is 1. The summed E-state index contributed by atoms with van der Waals surface area (Å²) in [5, 5.41) is 12.5. The van der Waals surface area contributed by atoms with E-state index >= 15 is 0 Å². The van der Waals surface area contributed by atoms with Crippen LogP contribution in [-0.2, 0) is 0 Å². The number of benzene rings is 10. The van der Waals surface area contributed by atoms with Gasteiger partial charge in [0, 0.05) is 38.4 Å². The SMILES string of the molecule is c1ccc(-c2cc(-c3ccc(-c4cc5c6ccccc6c6c(c7ccccc7n6-c6ccccc6)c5c5ccccc45)cc3)nc(-c3cccc4ccccc34)c2)cc1. The van der Waals surface area contributed by atoms with E-state index in [9.17, 15) is 0 Å². The predicted octanol–water partition coefficient (Wildman–Crippen LogP) is 15.5. The van der Waals surface area contributed by atoms with Crippen LogP contribution in [0.25, 0.3) is 115 Å². The van der Waals surface area contributed by atoms with Gasteiger partial charge in [0.15, 0.2) is 0 Å². The minimum Gasteiger partial charge on any atom is -0.309 e. The Morgan fingerprint density at radius 1 is 0.305 bits per heavy atom. The fourth-order valence-electron chi connectivity index (χ4n) is 9.50. The summed E-state index contributed by atoms with van der Waals surface area (Å²) in [7, 11) is 0. The van der Waals surface area contributed by atoms with E-state index in [1.807, 2.05) is 0 Å². The van der Waals surface area contributed by atoms with Crippen molar-refractivity contribution in [2.75, 3.05) is 0 Å². The molecule has 274 valence electrons. The van der Waals surface area contributed by atoms with Crippen LogP contribution in [0.3, 0.4) is 0 Å². The maximum atomic E-state index is 5.35. The van der Waals surface area contributed by atoms with Crippen molar-refractivity contribution in [3.63, 3.8) is 0 Å². The highest BCUT2D eigenvalue weighted by molar-refractivity contribution is 6.38. The number of aromatic nitrogens is 2. The van der Waals surface area contributed by atoms with Crippen molar-refractivity contribution in [3.8, 4) is 50.5 Å². The highest BCUT2D eigenvalue weighted by Crippen LogP contribution is 2.47. The Hall–Kier alpha value is -7.81. The van der Waals surface area contributed by atoms with Crippen LogP contribution < -0.4 is 0 Å². The first-order valence-electron chi connectivity index (χ1n) is 20.3. The van der Waals surface area contributed by atoms with E-state index in [4.69, 9.17) is 4.98 Å². The number of hydrogen-bond donors (Lipinski definition) is 0. The van der Waals surface area contributed by atoms with Crippen molar-refractivity contribution >= 4 is 64.9 Å². The quantitative estimate of drug-likeness (QED) is 0.160. The lowest BCUT2D eigenvalue weighted by Gasteiger charge is -2.16. The summed E-state index contributed by atoms with van der Waals surface area (Å²) in [5.41, 5.74) is 12.5. The summed E-state index contributed by atoms with van der Waals surface area (Å²) in [6.07, 6.45) is 0. The molecule has 0 radical (unpaired) electrons. The van der Waals surface area contributed by atoms with Gasteiger partial charge < -0.3 is 4.57 Å². The Balaban J connectivity index is 1.08. The molecule has 59 heavy (non-hydrogen) atoms. The molecule has 0 fully saturated rings. The third kappa shape index (κ3) is 5.31. The first-order chi connectivity index (χ1) is 29.3. The predicted molar refractivity (Wildman–Crippen MR) is 250 cm³/mol. The number of pyridine rings is 1. The topological polar surface area (TPSA) is 17.8 Å². The number of para-hydroxylation sites is 2. The van der Waals surface area contributed by atoms with E-state index in [1.54, 1.807) is 0 Å². The van der Waals surface area contributed by atoms with Gasteiger partial charge >= 0.3 is 0 Å². The van der Waals surface area contributed by atoms with Crippen LogP contribution >= 0.6 is 0 Å². The Morgan fingerprint density at radius 2 is 0.898 bits per heavy atom. The van der Waals surface area contributed by atoms with Crippen molar-refractivity contribution in [2.24, 2.45) is 0 Å². The smallest absolute Gasteiger partial charge is 0.0721 e. The first kappa shape index (κ1) is 33.3. The number of fused-ring (bicyclic) bond motifs is 11. The number of rotatable bonds is 5. The van der Waals surface area contributed by atoms with Gasteiger partial charge in [-0.05, 0) is 91.0 Å². The van der Waals surface area contributed by atoms with Gasteiger partial charge in [0.2, 0.25) is 0 Å². The van der Waals surface area contributed by atoms with Crippen LogP contribution in [0.1, 0.15) is 0 Å². The van der Waals surface area contributed by atoms with Crippen molar-refractivity contribution in [1.29, 1.82) is 0 Å². The van der Waals surface area contributed by atoms with Crippen LogP contribution in [-0.4, -0.2) is 9.55 Å². The summed E-state index contributed by atoms with van der Waals surface area (Å²) >= 11 is 0. The summed E-state index contributed by atoms with van der Waals surface area (Å²) < 4.78 is 2.46. The second-order valence-corrected chi connectivity index (χ2v) is 15.4. The summed E-state index contributed by atoms with van der Waals surface area (Å²) in [5.74, 6) is 0. The van der Waals surface area contributed by atoms with Crippen LogP contribution in [0.5, 0.6) is 0 Å². The summed E-state index contributed by atoms with van der Waals surface area (Å²) in [6, 6.07) is 79.2. The molecular weight excluding hydrogens is 713 g/mol. The third-order valence-corrected chi connectivity index (χ3v) is 12.1. The molecule has 0 bridgehead atoms. The third-order valence-electron chi connectivity index (χ3n) is 12.1. The highest BCUT2D eigenvalue weighted by atomic mass is 15.0. The minimum absolute atomic E-state index is 0.951. The zero-order valence-electron chi connectivity index (χ0n) is 32.2. The molecule has 0 aliphatic heterocycles. The lowest BCUT2D eigenvalue weighted by Crippen LogP contribution is -1.95. The lowest BCUT2D eigenvalue weighted by atomic mass is 9.88. The summed E-state index contributed by atoms with van der Waals surface area (Å²) in [4.78, 5) is 5.35. The molecule has 0 saturated carbocycles. The highest BCUT2D eigenvalue weighted by Gasteiger charge is 2.22. The van der Waals surface area contributed by atoms with Gasteiger partial charge in [-0.3, -0.25) is 0 Å². The minimum atomic E-state index is 0.951. The molecule has 0 spiro atoms. The Labute approximate surface area is 341 Å². The zero-order valence-corrected chi connectivity index (χ0v) is 32.2. The molecule has 0 aliphatic carbocycles. The Bertz CT molecular complexity index is 3580. The first-order valence-corrected chi connectivity index (χ1v) is 20.3. The van der Waals surface area contributed by atoms with E-state index in [2.05, 4.69) is 223 Å². The van der Waals surface area contributed by atoms with Gasteiger partial charge in [-0.2, -0.15) is 0 Å².